The summed E-state index contributed by atoms with van der Waals surface area (Å²) in [6.45, 7) is 6.44. The second-order valence-electron chi connectivity index (χ2n) is 11.1. The van der Waals surface area contributed by atoms with Crippen molar-refractivity contribution in [1.82, 2.24) is 10.2 Å². The first-order valence-electron chi connectivity index (χ1n) is 15.7. The monoisotopic (exact) mass is 641 g/mol. The van der Waals surface area contributed by atoms with E-state index in [0.717, 1.165) is 33.8 Å². The molecule has 0 heterocycles. The largest absolute Gasteiger partial charge is 0.494 e. The zero-order valence-corrected chi connectivity index (χ0v) is 27.6. The first-order valence-corrected chi connectivity index (χ1v) is 17.1. The fourth-order valence-corrected chi connectivity index (χ4v) is 6.49. The number of unbranched alkanes of at least 4 members (excludes halogenated alkanes) is 1. The highest BCUT2D eigenvalue weighted by atomic mass is 32.2. The summed E-state index contributed by atoms with van der Waals surface area (Å²) in [6, 6.07) is 31.1. The molecule has 0 aliphatic carbocycles. The molecule has 0 aromatic heterocycles. The molecule has 0 aliphatic heterocycles. The molecular formula is C37H43N3O5S. The first kappa shape index (κ1) is 34.2. The second kappa shape index (κ2) is 16.6. The van der Waals surface area contributed by atoms with Crippen LogP contribution in [-0.4, -0.2) is 50.9 Å². The van der Waals surface area contributed by atoms with E-state index in [1.54, 1.807) is 42.5 Å². The number of nitrogens with one attached hydrogen (secondary N) is 1. The highest BCUT2D eigenvalue weighted by Crippen LogP contribution is 2.26. The number of hydrogen-bond acceptors (Lipinski definition) is 5. The van der Waals surface area contributed by atoms with Crippen LogP contribution >= 0.6 is 0 Å². The lowest BCUT2D eigenvalue weighted by Gasteiger charge is -2.34. The first-order chi connectivity index (χ1) is 22.2. The maximum atomic E-state index is 14.5. The number of anilines is 1. The standard InChI is InChI=1S/C37H43N3O5S/c1-4-6-25-38-37(42)35(26-30-13-9-7-10-14-30)39(27-31-19-17-29(3)18-20-31)36(41)28-40(32-15-11-8-12-16-32)46(43,44)34-23-21-33(22-24-34)45-5-2/h7-24,35H,4-6,25-28H2,1-3H3,(H,38,42). The molecule has 2 amide bonds. The quantitative estimate of drug-likeness (QED) is 0.148. The molecule has 0 saturated heterocycles. The summed E-state index contributed by atoms with van der Waals surface area (Å²) in [5, 5.41) is 3.01. The summed E-state index contributed by atoms with van der Waals surface area (Å²) in [7, 11) is -4.19. The Hall–Kier alpha value is -4.63. The van der Waals surface area contributed by atoms with Crippen LogP contribution in [-0.2, 0) is 32.6 Å². The molecule has 0 bridgehead atoms. The van der Waals surface area contributed by atoms with Gasteiger partial charge in [-0.2, -0.15) is 0 Å². The van der Waals surface area contributed by atoms with Gasteiger partial charge < -0.3 is 15.0 Å². The molecule has 4 aromatic carbocycles. The fraction of sp³-hybridized carbons (Fsp3) is 0.297. The number of rotatable bonds is 16. The second-order valence-corrected chi connectivity index (χ2v) is 13.0. The van der Waals surface area contributed by atoms with Gasteiger partial charge in [-0.3, -0.25) is 13.9 Å². The van der Waals surface area contributed by atoms with Crippen LogP contribution in [0.15, 0.2) is 114 Å². The van der Waals surface area contributed by atoms with Crippen LogP contribution in [0.2, 0.25) is 0 Å². The summed E-state index contributed by atoms with van der Waals surface area (Å²) < 4.78 is 34.9. The molecule has 242 valence electrons. The molecule has 1 atom stereocenters. The average molecular weight is 642 g/mol. The molecular weight excluding hydrogens is 598 g/mol. The van der Waals surface area contributed by atoms with Crippen molar-refractivity contribution >= 4 is 27.5 Å². The van der Waals surface area contributed by atoms with E-state index in [1.165, 1.54) is 17.0 Å². The summed E-state index contributed by atoms with van der Waals surface area (Å²) in [5.41, 5.74) is 3.13. The number of aryl methyl sites for hydroxylation is 1. The molecule has 0 fully saturated rings. The number of para-hydroxylation sites is 1. The minimum atomic E-state index is -4.19. The third-order valence-corrected chi connectivity index (χ3v) is 9.41. The Morgan fingerprint density at radius 3 is 2.04 bits per heavy atom. The number of hydrogen-bond donors (Lipinski definition) is 1. The van der Waals surface area contributed by atoms with Crippen molar-refractivity contribution in [1.29, 1.82) is 0 Å². The van der Waals surface area contributed by atoms with Crippen LogP contribution in [0, 0.1) is 6.92 Å². The van der Waals surface area contributed by atoms with Gasteiger partial charge >= 0.3 is 0 Å². The van der Waals surface area contributed by atoms with Crippen molar-refractivity contribution < 1.29 is 22.7 Å². The Kier molecular flexibility index (Phi) is 12.4. The highest BCUT2D eigenvalue weighted by Gasteiger charge is 2.34. The molecule has 1 N–H and O–H groups in total. The van der Waals surface area contributed by atoms with E-state index in [2.05, 4.69) is 5.32 Å². The molecule has 4 rings (SSSR count). The van der Waals surface area contributed by atoms with Crippen molar-refractivity contribution in [3.05, 3.63) is 126 Å². The minimum Gasteiger partial charge on any atom is -0.494 e. The van der Waals surface area contributed by atoms with Gasteiger partial charge in [-0.05, 0) is 67.8 Å². The molecule has 0 saturated carbocycles. The zero-order chi connectivity index (χ0) is 32.9. The topological polar surface area (TPSA) is 96.0 Å². The molecule has 1 unspecified atom stereocenters. The van der Waals surface area contributed by atoms with Gasteiger partial charge in [-0.15, -0.1) is 0 Å². The van der Waals surface area contributed by atoms with Crippen molar-refractivity contribution in [2.45, 2.75) is 57.5 Å². The number of amides is 2. The van der Waals surface area contributed by atoms with Crippen molar-refractivity contribution in [3.63, 3.8) is 0 Å². The number of sulfonamides is 1. The Balaban J connectivity index is 1.75. The molecule has 0 radical (unpaired) electrons. The lowest BCUT2D eigenvalue weighted by atomic mass is 10.0. The van der Waals surface area contributed by atoms with Gasteiger partial charge in [0.2, 0.25) is 11.8 Å². The van der Waals surface area contributed by atoms with E-state index in [1.807, 2.05) is 75.4 Å². The molecule has 0 spiro atoms. The number of carbonyl (C=O) groups is 2. The summed E-state index contributed by atoms with van der Waals surface area (Å²) in [4.78, 5) is 29.9. The summed E-state index contributed by atoms with van der Waals surface area (Å²) >= 11 is 0. The van der Waals surface area contributed by atoms with E-state index in [0.29, 0.717) is 24.6 Å². The number of benzene rings is 4. The Labute approximate surface area is 273 Å². The van der Waals surface area contributed by atoms with Crippen LogP contribution in [0.3, 0.4) is 0 Å². The van der Waals surface area contributed by atoms with Crippen molar-refractivity contribution in [2.75, 3.05) is 24.0 Å². The van der Waals surface area contributed by atoms with Crippen molar-refractivity contribution in [3.8, 4) is 5.75 Å². The van der Waals surface area contributed by atoms with E-state index < -0.39 is 28.5 Å². The Morgan fingerprint density at radius 1 is 0.804 bits per heavy atom. The fourth-order valence-electron chi connectivity index (χ4n) is 5.08. The van der Waals surface area contributed by atoms with Gasteiger partial charge in [0.25, 0.3) is 10.0 Å². The zero-order valence-electron chi connectivity index (χ0n) is 26.8. The van der Waals surface area contributed by atoms with Gasteiger partial charge in [-0.25, -0.2) is 8.42 Å². The maximum absolute atomic E-state index is 14.5. The SMILES string of the molecule is CCCCNC(=O)C(Cc1ccccc1)N(Cc1ccc(C)cc1)C(=O)CN(c1ccccc1)S(=O)(=O)c1ccc(OCC)cc1. The van der Waals surface area contributed by atoms with E-state index >= 15 is 0 Å². The number of nitrogens with zero attached hydrogens (tertiary/aromatic N) is 2. The van der Waals surface area contributed by atoms with E-state index in [-0.39, 0.29) is 23.8 Å². The predicted octanol–water partition coefficient (Wildman–Crippen LogP) is 6.15. The maximum Gasteiger partial charge on any atom is 0.264 e. The third kappa shape index (κ3) is 9.20. The van der Waals surface area contributed by atoms with Crippen LogP contribution in [0.4, 0.5) is 5.69 Å². The molecule has 4 aromatic rings. The smallest absolute Gasteiger partial charge is 0.264 e. The van der Waals surface area contributed by atoms with Gasteiger partial charge in [0.1, 0.15) is 18.3 Å². The predicted molar refractivity (Wildman–Crippen MR) is 182 cm³/mol. The average Bonchev–Trinajstić information content (AvgIpc) is 3.07. The van der Waals surface area contributed by atoms with Gasteiger partial charge in [0.05, 0.1) is 17.2 Å². The summed E-state index contributed by atoms with van der Waals surface area (Å²) in [6.07, 6.45) is 1.98. The third-order valence-electron chi connectivity index (χ3n) is 7.62. The Morgan fingerprint density at radius 2 is 1.43 bits per heavy atom. The molecule has 0 aliphatic rings. The number of carbonyl (C=O) groups excluding carboxylic acids is 2. The van der Waals surface area contributed by atoms with Gasteiger partial charge in [0, 0.05) is 19.5 Å². The summed E-state index contributed by atoms with van der Waals surface area (Å²) in [5.74, 6) is -0.227. The molecule has 9 heteroatoms. The van der Waals surface area contributed by atoms with Crippen molar-refractivity contribution in [2.24, 2.45) is 0 Å². The molecule has 8 nitrogen and oxygen atoms in total. The van der Waals surface area contributed by atoms with Gasteiger partial charge in [-0.1, -0.05) is 91.7 Å². The van der Waals surface area contributed by atoms with Crippen LogP contribution in [0.25, 0.3) is 0 Å². The highest BCUT2D eigenvalue weighted by molar-refractivity contribution is 7.92. The normalized spacial score (nSPS) is 11.8. The van der Waals surface area contributed by atoms with E-state index in [9.17, 15) is 18.0 Å². The lowest BCUT2D eigenvalue weighted by Crippen LogP contribution is -2.53. The van der Waals surface area contributed by atoms with Gasteiger partial charge in [0.15, 0.2) is 0 Å². The number of ether oxygens (including phenoxy) is 1. The minimum absolute atomic E-state index is 0.0239. The molecule has 46 heavy (non-hydrogen) atoms. The Bertz CT molecular complexity index is 1650. The lowest BCUT2D eigenvalue weighted by molar-refractivity contribution is -0.140. The van der Waals surface area contributed by atoms with Crippen LogP contribution < -0.4 is 14.4 Å². The van der Waals surface area contributed by atoms with Crippen LogP contribution in [0.1, 0.15) is 43.4 Å². The van der Waals surface area contributed by atoms with E-state index in [4.69, 9.17) is 4.74 Å². The van der Waals surface area contributed by atoms with Crippen LogP contribution in [0.5, 0.6) is 5.75 Å².